The zero-order chi connectivity index (χ0) is 26.1. The monoisotopic (exact) mass is 519 g/mol. The second-order valence-corrected chi connectivity index (χ2v) is 7.10. The smallest absolute Gasteiger partial charge is 0.431 e. The number of nitrogens with zero attached hydrogens (tertiary/aromatic N) is 3. The van der Waals surface area contributed by atoms with Crippen molar-refractivity contribution < 1.29 is 41.6 Å². The van der Waals surface area contributed by atoms with E-state index in [1.54, 1.807) is 0 Å². The van der Waals surface area contributed by atoms with Gasteiger partial charge < -0.3 is 9.47 Å². The van der Waals surface area contributed by atoms with Crippen molar-refractivity contribution in [3.63, 3.8) is 0 Å². The van der Waals surface area contributed by atoms with Crippen LogP contribution < -0.4 is 25.6 Å². The van der Waals surface area contributed by atoms with E-state index in [1.165, 1.54) is 19.2 Å². The number of aromatic nitrogens is 3. The Labute approximate surface area is 197 Å². The topological polar surface area (TPSA) is 111 Å². The van der Waals surface area contributed by atoms with E-state index in [9.17, 15) is 31.9 Å². The van der Waals surface area contributed by atoms with E-state index in [1.807, 2.05) is 0 Å². The van der Waals surface area contributed by atoms with Crippen LogP contribution in [0.3, 0.4) is 0 Å². The first-order valence-corrected chi connectivity index (χ1v) is 9.69. The highest BCUT2D eigenvalue weighted by molar-refractivity contribution is 6.32. The quantitative estimate of drug-likeness (QED) is 0.277. The highest BCUT2D eigenvalue weighted by atomic mass is 35.5. The van der Waals surface area contributed by atoms with Gasteiger partial charge in [-0.1, -0.05) is 11.6 Å². The van der Waals surface area contributed by atoms with Crippen molar-refractivity contribution in [2.24, 2.45) is 7.05 Å². The van der Waals surface area contributed by atoms with E-state index in [0.717, 1.165) is 20.0 Å². The number of alkyl halides is 3. The number of ether oxygens (including phenoxy) is 2. The molecule has 0 N–H and O–H groups in total. The summed E-state index contributed by atoms with van der Waals surface area (Å²) in [5.74, 6) is -2.99. The van der Waals surface area contributed by atoms with E-state index in [0.29, 0.717) is 6.07 Å². The summed E-state index contributed by atoms with van der Waals surface area (Å²) in [5.41, 5.74) is -5.18. The van der Waals surface area contributed by atoms with Crippen LogP contribution in [-0.4, -0.2) is 27.2 Å². The highest BCUT2D eigenvalue weighted by Gasteiger charge is 2.35. The van der Waals surface area contributed by atoms with Crippen molar-refractivity contribution in [3.8, 4) is 28.9 Å². The summed E-state index contributed by atoms with van der Waals surface area (Å²) in [5, 5.41) is -0.350. The zero-order valence-electron chi connectivity index (χ0n) is 18.0. The summed E-state index contributed by atoms with van der Waals surface area (Å²) < 4.78 is 64.8. The molecule has 35 heavy (non-hydrogen) atoms. The molecule has 0 fully saturated rings. The van der Waals surface area contributed by atoms with E-state index in [2.05, 4.69) is 9.87 Å². The van der Waals surface area contributed by atoms with Crippen LogP contribution in [0.4, 0.5) is 17.6 Å². The minimum absolute atomic E-state index is 0.0326. The molecule has 0 aliphatic carbocycles. The van der Waals surface area contributed by atoms with Crippen LogP contribution in [0, 0.1) is 5.82 Å². The third-order valence-electron chi connectivity index (χ3n) is 4.32. The van der Waals surface area contributed by atoms with Gasteiger partial charge in [0.2, 0.25) is 5.88 Å². The average molecular weight is 520 g/mol. The van der Waals surface area contributed by atoms with Crippen molar-refractivity contribution >= 4 is 17.6 Å². The SMILES string of the molecule is COc1ccc(Oc2cc(-n3c(=O)cc(C(F)(F)F)n(C)c3=O)c(F)cc2Cl)c(OOC(C)=O)n1. The van der Waals surface area contributed by atoms with E-state index in [-0.39, 0.29) is 37.6 Å². The molecule has 0 aliphatic rings. The Morgan fingerprint density at radius 3 is 2.40 bits per heavy atom. The van der Waals surface area contributed by atoms with Crippen molar-refractivity contribution in [1.29, 1.82) is 0 Å². The number of hydrogen-bond donors (Lipinski definition) is 0. The fourth-order valence-electron chi connectivity index (χ4n) is 2.77. The minimum Gasteiger partial charge on any atom is -0.481 e. The number of pyridine rings is 1. The lowest BCUT2D eigenvalue weighted by Crippen LogP contribution is -2.41. The standard InChI is InChI=1S/C20H14ClF4N3O7/c1-9(29)34-35-18-13(4-5-16(26-18)32-3)33-14-7-12(11(22)6-10(14)21)28-17(30)8-15(20(23,24)25)27(2)19(28)31/h4-8H,1-3H3. The lowest BCUT2D eigenvalue weighted by molar-refractivity contribution is -0.213. The summed E-state index contributed by atoms with van der Waals surface area (Å²) in [6.45, 7) is 1.05. The molecule has 0 spiro atoms. The maximum Gasteiger partial charge on any atom is 0.431 e. The molecule has 10 nitrogen and oxygen atoms in total. The lowest BCUT2D eigenvalue weighted by atomic mass is 10.2. The first-order valence-electron chi connectivity index (χ1n) is 9.31. The van der Waals surface area contributed by atoms with Gasteiger partial charge in [0.15, 0.2) is 5.75 Å². The van der Waals surface area contributed by atoms with Gasteiger partial charge in [-0.25, -0.2) is 23.4 Å². The van der Waals surface area contributed by atoms with Gasteiger partial charge in [-0.15, -0.1) is 0 Å². The molecule has 2 aromatic heterocycles. The summed E-state index contributed by atoms with van der Waals surface area (Å²) in [6, 6.07) is 4.22. The number of halogens is 5. The van der Waals surface area contributed by atoms with Crippen LogP contribution in [-0.2, 0) is 22.9 Å². The second-order valence-electron chi connectivity index (χ2n) is 6.69. The molecule has 0 aliphatic heterocycles. The van der Waals surface area contributed by atoms with Gasteiger partial charge in [-0.2, -0.15) is 18.2 Å². The van der Waals surface area contributed by atoms with Crippen LogP contribution >= 0.6 is 11.6 Å². The number of carbonyl (C=O) groups excluding carboxylic acids is 1. The van der Waals surface area contributed by atoms with Gasteiger partial charge >= 0.3 is 23.7 Å². The number of carbonyl (C=O) groups is 1. The van der Waals surface area contributed by atoms with Crippen molar-refractivity contribution in [3.05, 3.63) is 67.7 Å². The Bertz CT molecular complexity index is 1420. The number of benzene rings is 1. The predicted octanol–water partition coefficient (Wildman–Crippen LogP) is 3.40. The molecule has 0 saturated carbocycles. The molecule has 3 rings (SSSR count). The fourth-order valence-corrected chi connectivity index (χ4v) is 2.95. The number of methoxy groups -OCH3 is 1. The molecule has 0 unspecified atom stereocenters. The fraction of sp³-hybridized carbons (Fsp3) is 0.200. The summed E-state index contributed by atoms with van der Waals surface area (Å²) in [4.78, 5) is 49.0. The van der Waals surface area contributed by atoms with Crippen LogP contribution in [0.1, 0.15) is 12.6 Å². The third kappa shape index (κ3) is 5.37. The first kappa shape index (κ1) is 25.6. The molecule has 15 heteroatoms. The minimum atomic E-state index is -5.00. The Morgan fingerprint density at radius 1 is 1.11 bits per heavy atom. The molecule has 0 bridgehead atoms. The third-order valence-corrected chi connectivity index (χ3v) is 4.62. The second kappa shape index (κ2) is 9.66. The van der Waals surface area contributed by atoms with Gasteiger partial charge in [0.1, 0.15) is 17.3 Å². The molecular weight excluding hydrogens is 506 g/mol. The van der Waals surface area contributed by atoms with E-state index >= 15 is 0 Å². The Kier molecular flexibility index (Phi) is 7.05. The van der Waals surface area contributed by atoms with Gasteiger partial charge in [0.25, 0.3) is 5.56 Å². The van der Waals surface area contributed by atoms with Gasteiger partial charge in [0, 0.05) is 32.2 Å². The van der Waals surface area contributed by atoms with Crippen LogP contribution in [0.5, 0.6) is 23.3 Å². The Morgan fingerprint density at radius 2 is 1.80 bits per heavy atom. The van der Waals surface area contributed by atoms with Gasteiger partial charge in [-0.05, 0) is 12.1 Å². The molecule has 186 valence electrons. The number of rotatable bonds is 6. The molecule has 0 amide bonds. The van der Waals surface area contributed by atoms with Crippen molar-refractivity contribution in [2.75, 3.05) is 7.11 Å². The normalized spacial score (nSPS) is 11.2. The zero-order valence-corrected chi connectivity index (χ0v) is 18.7. The largest absolute Gasteiger partial charge is 0.481 e. The van der Waals surface area contributed by atoms with Crippen molar-refractivity contribution in [2.45, 2.75) is 13.1 Å². The maximum atomic E-state index is 14.7. The average Bonchev–Trinajstić information content (AvgIpc) is 2.77. The lowest BCUT2D eigenvalue weighted by Gasteiger charge is -2.16. The first-order chi connectivity index (χ1) is 16.3. The van der Waals surface area contributed by atoms with Crippen LogP contribution in [0.15, 0.2) is 39.9 Å². The summed E-state index contributed by atoms with van der Waals surface area (Å²) >= 11 is 6.02. The van der Waals surface area contributed by atoms with Crippen LogP contribution in [0.2, 0.25) is 5.02 Å². The highest BCUT2D eigenvalue weighted by Crippen LogP contribution is 2.37. The molecule has 0 saturated heterocycles. The molecule has 0 radical (unpaired) electrons. The molecule has 3 aromatic rings. The van der Waals surface area contributed by atoms with E-state index in [4.69, 9.17) is 26.0 Å². The molecular formula is C20H14ClF4N3O7. The molecule has 2 heterocycles. The maximum absolute atomic E-state index is 14.7. The summed E-state index contributed by atoms with van der Waals surface area (Å²) in [6.07, 6.45) is -5.00. The molecule has 1 aromatic carbocycles. The number of hydrogen-bond acceptors (Lipinski definition) is 8. The van der Waals surface area contributed by atoms with E-state index < -0.39 is 46.5 Å². The van der Waals surface area contributed by atoms with Crippen LogP contribution in [0.25, 0.3) is 5.69 Å². The Balaban J connectivity index is 2.13. The predicted molar refractivity (Wildman–Crippen MR) is 111 cm³/mol. The summed E-state index contributed by atoms with van der Waals surface area (Å²) in [7, 11) is 2.07. The van der Waals surface area contributed by atoms with Gasteiger partial charge in [-0.3, -0.25) is 14.2 Å². The molecule has 0 atom stereocenters. The van der Waals surface area contributed by atoms with Gasteiger partial charge in [0.05, 0.1) is 17.8 Å². The van der Waals surface area contributed by atoms with Crippen molar-refractivity contribution in [1.82, 2.24) is 14.1 Å². The Hall–Kier alpha value is -4.07.